The Kier molecular flexibility index (Phi) is 2.18. The summed E-state index contributed by atoms with van der Waals surface area (Å²) in [5.74, 6) is -0.140. The van der Waals surface area contributed by atoms with Crippen LogP contribution in [0, 0.1) is 16.7 Å². The van der Waals surface area contributed by atoms with E-state index in [1.165, 1.54) is 7.11 Å². The molecule has 0 bridgehead atoms. The largest absolute Gasteiger partial charge is 0.482 e. The fraction of sp³-hybridized carbons (Fsp3) is 0.273. The van der Waals surface area contributed by atoms with Gasteiger partial charge in [-0.3, -0.25) is 5.41 Å². The molecule has 0 aromatic heterocycles. The number of hydrogen-bond donors (Lipinski definition) is 1. The van der Waals surface area contributed by atoms with Crippen molar-refractivity contribution in [2.24, 2.45) is 0 Å². The van der Waals surface area contributed by atoms with Gasteiger partial charge in [-0.25, -0.2) is 0 Å². The SMILES string of the molecule is COC(=N)[C@]1(C#N)O[C@@H]1c1ccccc1. The molecule has 1 aromatic carbocycles. The van der Waals surface area contributed by atoms with Crippen LogP contribution >= 0.6 is 0 Å². The van der Waals surface area contributed by atoms with Crippen LogP contribution in [0.3, 0.4) is 0 Å². The minimum absolute atomic E-state index is 0.140. The van der Waals surface area contributed by atoms with Gasteiger partial charge in [0.1, 0.15) is 12.2 Å². The molecule has 76 valence electrons. The minimum atomic E-state index is -1.21. The van der Waals surface area contributed by atoms with Gasteiger partial charge in [-0.05, 0) is 5.56 Å². The molecule has 0 saturated carbocycles. The van der Waals surface area contributed by atoms with Crippen molar-refractivity contribution in [2.45, 2.75) is 11.7 Å². The Bertz CT molecular complexity index is 424. The first-order chi connectivity index (χ1) is 7.24. The first-order valence-electron chi connectivity index (χ1n) is 4.51. The minimum Gasteiger partial charge on any atom is -0.482 e. The number of methoxy groups -OCH3 is 1. The number of rotatable bonds is 2. The number of benzene rings is 1. The second kappa shape index (κ2) is 3.37. The molecule has 0 amide bonds. The lowest BCUT2D eigenvalue weighted by Gasteiger charge is -2.03. The summed E-state index contributed by atoms with van der Waals surface area (Å²) in [5, 5.41) is 16.5. The van der Waals surface area contributed by atoms with Gasteiger partial charge in [0.25, 0.3) is 5.60 Å². The quantitative estimate of drug-likeness (QED) is 0.450. The molecular formula is C11H10N2O2. The van der Waals surface area contributed by atoms with Crippen molar-refractivity contribution in [1.82, 2.24) is 0 Å². The van der Waals surface area contributed by atoms with Gasteiger partial charge in [-0.2, -0.15) is 5.26 Å². The summed E-state index contributed by atoms with van der Waals surface area (Å²) >= 11 is 0. The number of nitriles is 1. The van der Waals surface area contributed by atoms with Crippen molar-refractivity contribution in [1.29, 1.82) is 10.7 Å². The standard InChI is InChI=1S/C11H10N2O2/c1-14-10(13)11(7-12)9(15-11)8-5-3-2-4-6-8/h2-6,9,13H,1H3/t9-,11-/m1/s1. The van der Waals surface area contributed by atoms with Crippen molar-refractivity contribution in [3.8, 4) is 6.07 Å². The molecule has 15 heavy (non-hydrogen) atoms. The van der Waals surface area contributed by atoms with E-state index in [0.29, 0.717) is 0 Å². The lowest BCUT2D eigenvalue weighted by atomic mass is 10.0. The molecule has 4 nitrogen and oxygen atoms in total. The molecule has 1 fully saturated rings. The summed E-state index contributed by atoms with van der Waals surface area (Å²) in [6.45, 7) is 0. The van der Waals surface area contributed by atoms with Crippen LogP contribution in [-0.2, 0) is 9.47 Å². The zero-order valence-corrected chi connectivity index (χ0v) is 8.23. The number of nitrogens with zero attached hydrogens (tertiary/aromatic N) is 1. The lowest BCUT2D eigenvalue weighted by Crippen LogP contribution is -2.24. The van der Waals surface area contributed by atoms with E-state index in [9.17, 15) is 0 Å². The molecule has 1 heterocycles. The number of hydrogen-bond acceptors (Lipinski definition) is 4. The van der Waals surface area contributed by atoms with Gasteiger partial charge < -0.3 is 9.47 Å². The highest BCUT2D eigenvalue weighted by molar-refractivity contribution is 5.89. The van der Waals surface area contributed by atoms with Gasteiger partial charge in [-0.15, -0.1) is 0 Å². The highest BCUT2D eigenvalue weighted by Gasteiger charge is 2.63. The van der Waals surface area contributed by atoms with Crippen LogP contribution in [-0.4, -0.2) is 18.6 Å². The number of epoxide rings is 1. The summed E-state index contributed by atoms with van der Waals surface area (Å²) in [6.07, 6.45) is -0.379. The third-order valence-corrected chi connectivity index (χ3v) is 2.43. The zero-order valence-electron chi connectivity index (χ0n) is 8.23. The summed E-state index contributed by atoms with van der Waals surface area (Å²) in [4.78, 5) is 0. The van der Waals surface area contributed by atoms with E-state index in [0.717, 1.165) is 5.56 Å². The first-order valence-corrected chi connectivity index (χ1v) is 4.51. The summed E-state index contributed by atoms with van der Waals surface area (Å²) < 4.78 is 10.0. The van der Waals surface area contributed by atoms with Gasteiger partial charge in [-0.1, -0.05) is 30.3 Å². The van der Waals surface area contributed by atoms with E-state index in [1.54, 1.807) is 0 Å². The topological polar surface area (TPSA) is 69.4 Å². The molecule has 2 atom stereocenters. The summed E-state index contributed by atoms with van der Waals surface area (Å²) in [5.41, 5.74) is -0.323. The molecule has 0 unspecified atom stereocenters. The van der Waals surface area contributed by atoms with Gasteiger partial charge in [0.05, 0.1) is 7.11 Å². The smallest absolute Gasteiger partial charge is 0.260 e. The van der Waals surface area contributed by atoms with Crippen molar-refractivity contribution < 1.29 is 9.47 Å². The first kappa shape index (κ1) is 9.69. The molecular weight excluding hydrogens is 192 g/mol. The molecule has 1 N–H and O–H groups in total. The van der Waals surface area contributed by atoms with Gasteiger partial charge in [0, 0.05) is 0 Å². The normalized spacial score (nSPS) is 27.9. The molecule has 4 heteroatoms. The Hall–Kier alpha value is -1.86. The second-order valence-electron chi connectivity index (χ2n) is 3.29. The highest BCUT2D eigenvalue weighted by Crippen LogP contribution is 2.49. The van der Waals surface area contributed by atoms with Crippen LogP contribution in [0.15, 0.2) is 30.3 Å². The van der Waals surface area contributed by atoms with Crippen molar-refractivity contribution >= 4 is 5.90 Å². The maximum absolute atomic E-state index is 8.99. The van der Waals surface area contributed by atoms with E-state index in [4.69, 9.17) is 20.1 Å². The van der Waals surface area contributed by atoms with E-state index < -0.39 is 5.60 Å². The van der Waals surface area contributed by atoms with Crippen molar-refractivity contribution in [3.05, 3.63) is 35.9 Å². The maximum Gasteiger partial charge on any atom is 0.260 e. The third kappa shape index (κ3) is 1.37. The fourth-order valence-corrected chi connectivity index (χ4v) is 1.54. The van der Waals surface area contributed by atoms with E-state index in [-0.39, 0.29) is 12.0 Å². The maximum atomic E-state index is 8.99. The lowest BCUT2D eigenvalue weighted by molar-refractivity contribution is 0.318. The van der Waals surface area contributed by atoms with Crippen molar-refractivity contribution in [2.75, 3.05) is 7.11 Å². The van der Waals surface area contributed by atoms with Crippen LogP contribution in [0.2, 0.25) is 0 Å². The molecule has 0 radical (unpaired) electrons. The van der Waals surface area contributed by atoms with E-state index in [2.05, 4.69) is 0 Å². The Morgan fingerprint density at radius 1 is 1.53 bits per heavy atom. The average molecular weight is 202 g/mol. The Labute approximate surface area is 87.6 Å². The molecule has 2 rings (SSSR count). The summed E-state index contributed by atoms with van der Waals surface area (Å²) in [6, 6.07) is 11.3. The molecule has 1 aliphatic rings. The van der Waals surface area contributed by atoms with Crippen LogP contribution in [0.1, 0.15) is 11.7 Å². The van der Waals surface area contributed by atoms with Crippen LogP contribution in [0.4, 0.5) is 0 Å². The van der Waals surface area contributed by atoms with Crippen molar-refractivity contribution in [3.63, 3.8) is 0 Å². The van der Waals surface area contributed by atoms with E-state index >= 15 is 0 Å². The monoisotopic (exact) mass is 202 g/mol. The molecule has 1 saturated heterocycles. The van der Waals surface area contributed by atoms with Crippen LogP contribution in [0.5, 0.6) is 0 Å². The zero-order chi connectivity index (χ0) is 10.9. The van der Waals surface area contributed by atoms with Crippen LogP contribution < -0.4 is 0 Å². The molecule has 1 aliphatic heterocycles. The third-order valence-electron chi connectivity index (χ3n) is 2.43. The Morgan fingerprint density at radius 2 is 2.20 bits per heavy atom. The van der Waals surface area contributed by atoms with Gasteiger partial charge >= 0.3 is 0 Å². The fourth-order valence-electron chi connectivity index (χ4n) is 1.54. The number of nitrogens with one attached hydrogen (secondary N) is 1. The summed E-state index contributed by atoms with van der Waals surface area (Å²) in [7, 11) is 1.37. The Balaban J connectivity index is 2.25. The number of ether oxygens (including phenoxy) is 2. The average Bonchev–Trinajstić information content (AvgIpc) is 3.05. The van der Waals surface area contributed by atoms with E-state index in [1.807, 2.05) is 36.4 Å². The molecule has 0 spiro atoms. The van der Waals surface area contributed by atoms with Gasteiger partial charge in [0.15, 0.2) is 0 Å². The predicted molar refractivity (Wildman–Crippen MR) is 53.3 cm³/mol. The molecule has 1 aromatic rings. The predicted octanol–water partition coefficient (Wildman–Crippen LogP) is 1.64. The molecule has 0 aliphatic carbocycles. The van der Waals surface area contributed by atoms with Crippen LogP contribution in [0.25, 0.3) is 0 Å². The highest BCUT2D eigenvalue weighted by atomic mass is 16.6. The second-order valence-corrected chi connectivity index (χ2v) is 3.29. The Morgan fingerprint density at radius 3 is 2.73 bits per heavy atom. The van der Waals surface area contributed by atoms with Gasteiger partial charge in [0.2, 0.25) is 5.90 Å².